The van der Waals surface area contributed by atoms with E-state index in [1.54, 1.807) is 18.2 Å². The minimum atomic E-state index is -0.101. The van der Waals surface area contributed by atoms with Crippen LogP contribution >= 0.6 is 0 Å². The maximum absolute atomic E-state index is 12.0. The van der Waals surface area contributed by atoms with E-state index in [0.29, 0.717) is 24.0 Å². The summed E-state index contributed by atoms with van der Waals surface area (Å²) >= 11 is 0. The molecule has 5 heteroatoms. The summed E-state index contributed by atoms with van der Waals surface area (Å²) in [7, 11) is 0. The number of carbonyl (C=O) groups excluding carboxylic acids is 1. The summed E-state index contributed by atoms with van der Waals surface area (Å²) in [5.41, 5.74) is 1.89. The molecular formula is C16H15N3O2. The molecule has 0 fully saturated rings. The Morgan fingerprint density at radius 2 is 2.00 bits per heavy atom. The number of aryl methyl sites for hydroxylation is 1. The van der Waals surface area contributed by atoms with Gasteiger partial charge in [-0.15, -0.1) is 0 Å². The van der Waals surface area contributed by atoms with Crippen LogP contribution in [-0.2, 0) is 11.2 Å². The second-order valence-corrected chi connectivity index (χ2v) is 4.84. The number of aromatic hydroxyl groups is 1. The molecule has 1 heterocycles. The highest BCUT2D eigenvalue weighted by atomic mass is 16.3. The number of carbonyl (C=O) groups is 1. The standard InChI is InChI=1S/C16H15N3O2/c20-12-7-8-14-13(10-12)16(19-18-14)17-15(21)9-6-11-4-2-1-3-5-11/h1-5,7-8,10,20H,6,9H2,(H2,17,18,19,21). The first-order valence-corrected chi connectivity index (χ1v) is 6.73. The average molecular weight is 281 g/mol. The lowest BCUT2D eigenvalue weighted by Gasteiger charge is -2.03. The van der Waals surface area contributed by atoms with Gasteiger partial charge in [-0.1, -0.05) is 30.3 Å². The maximum atomic E-state index is 12.0. The second kappa shape index (κ2) is 5.66. The largest absolute Gasteiger partial charge is 0.508 e. The number of nitrogens with one attached hydrogen (secondary N) is 2. The Kier molecular flexibility index (Phi) is 3.55. The highest BCUT2D eigenvalue weighted by Gasteiger charge is 2.10. The van der Waals surface area contributed by atoms with Crippen molar-refractivity contribution in [2.45, 2.75) is 12.8 Å². The molecule has 0 unspecified atom stereocenters. The fraction of sp³-hybridized carbons (Fsp3) is 0.125. The van der Waals surface area contributed by atoms with E-state index in [9.17, 15) is 9.90 Å². The molecule has 3 rings (SSSR count). The molecule has 0 radical (unpaired) electrons. The van der Waals surface area contributed by atoms with E-state index in [4.69, 9.17) is 0 Å². The Hall–Kier alpha value is -2.82. The number of fused-ring (bicyclic) bond motifs is 1. The van der Waals surface area contributed by atoms with Crippen molar-refractivity contribution in [3.05, 3.63) is 54.1 Å². The van der Waals surface area contributed by atoms with Gasteiger partial charge in [0.1, 0.15) is 5.75 Å². The topological polar surface area (TPSA) is 78.0 Å². The zero-order valence-corrected chi connectivity index (χ0v) is 11.3. The number of phenolic OH excluding ortho intramolecular Hbond substituents is 1. The predicted molar refractivity (Wildman–Crippen MR) is 81.2 cm³/mol. The Bertz CT molecular complexity index is 766. The molecule has 0 aliphatic rings. The summed E-state index contributed by atoms with van der Waals surface area (Å²) in [6.45, 7) is 0. The third-order valence-corrected chi connectivity index (χ3v) is 3.29. The Morgan fingerprint density at radius 1 is 1.19 bits per heavy atom. The molecule has 0 saturated heterocycles. The number of H-pyrrole nitrogens is 1. The number of benzene rings is 2. The summed E-state index contributed by atoms with van der Waals surface area (Å²) in [4.78, 5) is 12.0. The lowest BCUT2D eigenvalue weighted by atomic mass is 10.1. The number of hydrogen-bond acceptors (Lipinski definition) is 3. The van der Waals surface area contributed by atoms with Crippen LogP contribution in [0.5, 0.6) is 5.75 Å². The molecule has 3 N–H and O–H groups in total. The molecule has 0 aliphatic heterocycles. The molecule has 0 atom stereocenters. The van der Waals surface area contributed by atoms with Crippen LogP contribution in [0.2, 0.25) is 0 Å². The molecule has 0 saturated carbocycles. The quantitative estimate of drug-likeness (QED) is 0.688. The highest BCUT2D eigenvalue weighted by molar-refractivity contribution is 6.00. The van der Waals surface area contributed by atoms with Gasteiger partial charge in [-0.2, -0.15) is 5.10 Å². The Balaban J connectivity index is 1.67. The number of nitrogens with zero attached hydrogens (tertiary/aromatic N) is 1. The first-order chi connectivity index (χ1) is 10.2. The summed E-state index contributed by atoms with van der Waals surface area (Å²) < 4.78 is 0. The van der Waals surface area contributed by atoms with E-state index in [1.807, 2.05) is 30.3 Å². The molecule has 0 spiro atoms. The monoisotopic (exact) mass is 281 g/mol. The minimum Gasteiger partial charge on any atom is -0.508 e. The van der Waals surface area contributed by atoms with Crippen molar-refractivity contribution in [1.82, 2.24) is 10.2 Å². The molecule has 1 aromatic heterocycles. The molecule has 0 bridgehead atoms. The van der Waals surface area contributed by atoms with Crippen LogP contribution in [0.3, 0.4) is 0 Å². The molecule has 0 aliphatic carbocycles. The maximum Gasteiger partial charge on any atom is 0.225 e. The highest BCUT2D eigenvalue weighted by Crippen LogP contribution is 2.24. The zero-order valence-electron chi connectivity index (χ0n) is 11.3. The van der Waals surface area contributed by atoms with E-state index in [1.165, 1.54) is 0 Å². The number of rotatable bonds is 4. The van der Waals surface area contributed by atoms with Gasteiger partial charge in [-0.25, -0.2) is 0 Å². The zero-order chi connectivity index (χ0) is 14.7. The molecule has 2 aromatic carbocycles. The van der Waals surface area contributed by atoms with Crippen molar-refractivity contribution >= 4 is 22.6 Å². The van der Waals surface area contributed by atoms with Gasteiger partial charge in [0, 0.05) is 11.8 Å². The molecule has 106 valence electrons. The van der Waals surface area contributed by atoms with Crippen LogP contribution in [0.1, 0.15) is 12.0 Å². The fourth-order valence-electron chi connectivity index (χ4n) is 2.19. The number of amides is 1. The van der Waals surface area contributed by atoms with Crippen molar-refractivity contribution in [3.8, 4) is 5.75 Å². The van der Waals surface area contributed by atoms with E-state index < -0.39 is 0 Å². The summed E-state index contributed by atoms with van der Waals surface area (Å²) in [5.74, 6) is 0.484. The summed E-state index contributed by atoms with van der Waals surface area (Å²) in [6.07, 6.45) is 1.07. The SMILES string of the molecule is O=C(CCc1ccccc1)Nc1n[nH]c2ccc(O)cc12. The van der Waals surface area contributed by atoms with E-state index >= 15 is 0 Å². The van der Waals surface area contributed by atoms with Crippen LogP contribution in [0.4, 0.5) is 5.82 Å². The van der Waals surface area contributed by atoms with Gasteiger partial charge >= 0.3 is 0 Å². The smallest absolute Gasteiger partial charge is 0.225 e. The first kappa shape index (κ1) is 13.2. The average Bonchev–Trinajstić information content (AvgIpc) is 2.88. The summed E-state index contributed by atoms with van der Waals surface area (Å²) in [5, 5.41) is 19.9. The van der Waals surface area contributed by atoms with Crippen molar-refractivity contribution in [2.75, 3.05) is 5.32 Å². The van der Waals surface area contributed by atoms with Crippen LogP contribution in [0, 0.1) is 0 Å². The minimum absolute atomic E-state index is 0.101. The third-order valence-electron chi connectivity index (χ3n) is 3.29. The van der Waals surface area contributed by atoms with Gasteiger partial charge in [-0.3, -0.25) is 9.89 Å². The van der Waals surface area contributed by atoms with Crippen LogP contribution in [0.15, 0.2) is 48.5 Å². The van der Waals surface area contributed by atoms with Gasteiger partial charge < -0.3 is 10.4 Å². The van der Waals surface area contributed by atoms with Crippen molar-refractivity contribution in [2.24, 2.45) is 0 Å². The van der Waals surface area contributed by atoms with E-state index in [2.05, 4.69) is 15.5 Å². The van der Waals surface area contributed by atoms with Gasteiger partial charge in [0.25, 0.3) is 0 Å². The molecule has 3 aromatic rings. The molecule has 1 amide bonds. The molecular weight excluding hydrogens is 266 g/mol. The van der Waals surface area contributed by atoms with Crippen molar-refractivity contribution < 1.29 is 9.90 Å². The number of aromatic nitrogens is 2. The van der Waals surface area contributed by atoms with Crippen LogP contribution in [0.25, 0.3) is 10.9 Å². The van der Waals surface area contributed by atoms with Gasteiger partial charge in [-0.05, 0) is 30.2 Å². The number of aromatic amines is 1. The van der Waals surface area contributed by atoms with Crippen LogP contribution < -0.4 is 5.32 Å². The number of hydrogen-bond donors (Lipinski definition) is 3. The number of phenols is 1. The van der Waals surface area contributed by atoms with E-state index in [-0.39, 0.29) is 11.7 Å². The molecule has 21 heavy (non-hydrogen) atoms. The number of anilines is 1. The lowest BCUT2D eigenvalue weighted by Crippen LogP contribution is -2.12. The van der Waals surface area contributed by atoms with E-state index in [0.717, 1.165) is 11.1 Å². The first-order valence-electron chi connectivity index (χ1n) is 6.73. The van der Waals surface area contributed by atoms with Gasteiger partial charge in [0.2, 0.25) is 5.91 Å². The van der Waals surface area contributed by atoms with Gasteiger partial charge in [0.15, 0.2) is 5.82 Å². The third kappa shape index (κ3) is 3.02. The second-order valence-electron chi connectivity index (χ2n) is 4.84. The normalized spacial score (nSPS) is 10.7. The van der Waals surface area contributed by atoms with Crippen LogP contribution in [-0.4, -0.2) is 21.2 Å². The summed E-state index contributed by atoms with van der Waals surface area (Å²) in [6, 6.07) is 14.7. The lowest BCUT2D eigenvalue weighted by molar-refractivity contribution is -0.116. The predicted octanol–water partition coefficient (Wildman–Crippen LogP) is 2.84. The van der Waals surface area contributed by atoms with Crippen molar-refractivity contribution in [1.29, 1.82) is 0 Å². The van der Waals surface area contributed by atoms with Gasteiger partial charge in [0.05, 0.1) is 5.52 Å². The fourth-order valence-corrected chi connectivity index (χ4v) is 2.19. The Labute approximate surface area is 121 Å². The molecule has 5 nitrogen and oxygen atoms in total. The van der Waals surface area contributed by atoms with Crippen molar-refractivity contribution in [3.63, 3.8) is 0 Å². The Morgan fingerprint density at radius 3 is 2.81 bits per heavy atom.